The molecule has 1 aromatic heterocycles. The highest BCUT2D eigenvalue weighted by Crippen LogP contribution is 2.26. The van der Waals surface area contributed by atoms with Gasteiger partial charge in [-0.05, 0) is 19.1 Å². The molecule has 1 heterocycles. The van der Waals surface area contributed by atoms with E-state index in [1.807, 2.05) is 0 Å². The summed E-state index contributed by atoms with van der Waals surface area (Å²) in [4.78, 5) is 10.5. The number of carbonyl (C=O) groups is 1. The molecule has 0 bridgehead atoms. The van der Waals surface area contributed by atoms with Crippen LogP contribution in [0.15, 0.2) is 12.1 Å². The van der Waals surface area contributed by atoms with Crippen LogP contribution < -0.4 is 4.74 Å². The van der Waals surface area contributed by atoms with Crippen molar-refractivity contribution in [3.8, 4) is 5.75 Å². The number of hydrogen-bond acceptors (Lipinski definition) is 3. The molecular weight excluding hydrogens is 290 g/mol. The maximum Gasteiger partial charge on any atom is 0.191 e. The highest BCUT2D eigenvalue weighted by atomic mass is 35.5. The Labute approximate surface area is 118 Å². The van der Waals surface area contributed by atoms with Gasteiger partial charge in [-0.2, -0.15) is 5.10 Å². The van der Waals surface area contributed by atoms with Gasteiger partial charge in [-0.3, -0.25) is 9.48 Å². The lowest BCUT2D eigenvalue weighted by Crippen LogP contribution is -2.06. The molecule has 4 nitrogen and oxygen atoms in total. The van der Waals surface area contributed by atoms with E-state index < -0.39 is 17.4 Å². The second kappa shape index (κ2) is 5.58. The molecule has 0 saturated carbocycles. The summed E-state index contributed by atoms with van der Waals surface area (Å²) in [5, 5.41) is 4.45. The molecule has 2 aromatic rings. The molecule has 0 aliphatic carbocycles. The number of hydrogen-bond donors (Lipinski definition) is 0. The number of ether oxygens (including phenoxy) is 1. The topological polar surface area (TPSA) is 44.1 Å². The van der Waals surface area contributed by atoms with Gasteiger partial charge in [0.2, 0.25) is 0 Å². The van der Waals surface area contributed by atoms with Gasteiger partial charge < -0.3 is 4.74 Å². The van der Waals surface area contributed by atoms with Crippen LogP contribution in [0.4, 0.5) is 8.78 Å². The fraction of sp³-hybridized carbons (Fsp3) is 0.231. The normalized spacial score (nSPS) is 10.7. The molecule has 20 heavy (non-hydrogen) atoms. The third kappa shape index (κ3) is 2.65. The summed E-state index contributed by atoms with van der Waals surface area (Å²) in [6.07, 6.45) is 0.358. The van der Waals surface area contributed by atoms with Gasteiger partial charge in [0.1, 0.15) is 12.9 Å². The van der Waals surface area contributed by atoms with Crippen molar-refractivity contribution in [1.29, 1.82) is 0 Å². The van der Waals surface area contributed by atoms with E-state index in [0.717, 1.165) is 12.1 Å². The second-order valence-corrected chi connectivity index (χ2v) is 4.57. The Kier molecular flexibility index (Phi) is 4.04. The summed E-state index contributed by atoms with van der Waals surface area (Å²) in [5.74, 6) is -2.44. The van der Waals surface area contributed by atoms with E-state index in [1.165, 1.54) is 4.68 Å². The highest BCUT2D eigenvalue weighted by Gasteiger charge is 2.16. The zero-order valence-electron chi connectivity index (χ0n) is 10.8. The monoisotopic (exact) mass is 300 g/mol. The smallest absolute Gasteiger partial charge is 0.191 e. The molecule has 0 amide bonds. The summed E-state index contributed by atoms with van der Waals surface area (Å²) in [5.41, 5.74) is 1.01. The first-order valence-electron chi connectivity index (χ1n) is 5.69. The van der Waals surface area contributed by atoms with E-state index in [1.54, 1.807) is 14.0 Å². The molecule has 0 fully saturated rings. The van der Waals surface area contributed by atoms with Crippen molar-refractivity contribution in [3.05, 3.63) is 45.7 Å². The van der Waals surface area contributed by atoms with Crippen LogP contribution in [-0.4, -0.2) is 16.1 Å². The Balaban J connectivity index is 2.25. The zero-order valence-corrected chi connectivity index (χ0v) is 11.5. The maximum atomic E-state index is 13.6. The zero-order chi connectivity index (χ0) is 14.9. The standard InChI is InChI=1S/C13H11ClF2N2O2/c1-7-12(14)11(18(2)17-7)6-20-13-9(15)3-8(5-19)4-10(13)16/h3-5H,6H2,1-2H3. The van der Waals surface area contributed by atoms with E-state index >= 15 is 0 Å². The van der Waals surface area contributed by atoms with E-state index in [2.05, 4.69) is 5.10 Å². The van der Waals surface area contributed by atoms with E-state index in [9.17, 15) is 13.6 Å². The molecule has 2 rings (SSSR count). The van der Waals surface area contributed by atoms with E-state index in [-0.39, 0.29) is 12.2 Å². The highest BCUT2D eigenvalue weighted by molar-refractivity contribution is 6.31. The Hall–Kier alpha value is -1.95. The van der Waals surface area contributed by atoms with Gasteiger partial charge in [-0.1, -0.05) is 11.6 Å². The average Bonchev–Trinajstić information content (AvgIpc) is 2.63. The number of aryl methyl sites for hydroxylation is 2. The summed E-state index contributed by atoms with van der Waals surface area (Å²) >= 11 is 6.01. The maximum absolute atomic E-state index is 13.6. The third-order valence-corrected chi connectivity index (χ3v) is 3.26. The van der Waals surface area contributed by atoms with Crippen LogP contribution in [0.25, 0.3) is 0 Å². The van der Waals surface area contributed by atoms with Gasteiger partial charge in [0, 0.05) is 12.6 Å². The van der Waals surface area contributed by atoms with Crippen LogP contribution in [0.5, 0.6) is 5.75 Å². The number of rotatable bonds is 4. The number of halogens is 3. The van der Waals surface area contributed by atoms with Crippen molar-refractivity contribution in [3.63, 3.8) is 0 Å². The summed E-state index contributed by atoms with van der Waals surface area (Å²) in [6.45, 7) is 1.58. The third-order valence-electron chi connectivity index (χ3n) is 2.77. The largest absolute Gasteiger partial charge is 0.481 e. The lowest BCUT2D eigenvalue weighted by atomic mass is 10.2. The second-order valence-electron chi connectivity index (χ2n) is 4.19. The molecule has 0 aliphatic heterocycles. The van der Waals surface area contributed by atoms with Crippen LogP contribution in [0.3, 0.4) is 0 Å². The molecule has 7 heteroatoms. The molecule has 0 saturated heterocycles. The molecule has 0 radical (unpaired) electrons. The Morgan fingerprint density at radius 2 is 2.00 bits per heavy atom. The number of benzene rings is 1. The molecule has 0 N–H and O–H groups in total. The van der Waals surface area contributed by atoms with Crippen LogP contribution >= 0.6 is 11.6 Å². The lowest BCUT2D eigenvalue weighted by molar-refractivity contribution is 0.112. The van der Waals surface area contributed by atoms with Gasteiger partial charge in [0.15, 0.2) is 17.4 Å². The van der Waals surface area contributed by atoms with E-state index in [4.69, 9.17) is 16.3 Å². The Bertz CT molecular complexity index is 648. The quantitative estimate of drug-likeness (QED) is 0.815. The number of nitrogens with zero attached hydrogens (tertiary/aromatic N) is 2. The molecule has 0 aliphatic rings. The molecule has 0 spiro atoms. The van der Waals surface area contributed by atoms with Crippen LogP contribution in [-0.2, 0) is 13.7 Å². The SMILES string of the molecule is Cc1nn(C)c(COc2c(F)cc(C=O)cc2F)c1Cl. The van der Waals surface area contributed by atoms with Crippen molar-refractivity contribution >= 4 is 17.9 Å². The van der Waals surface area contributed by atoms with Crippen molar-refractivity contribution in [1.82, 2.24) is 9.78 Å². The minimum atomic E-state index is -0.942. The lowest BCUT2D eigenvalue weighted by Gasteiger charge is -2.09. The minimum Gasteiger partial charge on any atom is -0.481 e. The molecule has 0 unspecified atom stereocenters. The van der Waals surface area contributed by atoms with Crippen LogP contribution in [0.1, 0.15) is 21.7 Å². The van der Waals surface area contributed by atoms with Crippen molar-refractivity contribution in [2.24, 2.45) is 7.05 Å². The first-order chi connectivity index (χ1) is 9.43. The molecule has 1 aromatic carbocycles. The van der Waals surface area contributed by atoms with Gasteiger partial charge in [-0.15, -0.1) is 0 Å². The first-order valence-corrected chi connectivity index (χ1v) is 6.06. The number of aldehydes is 1. The predicted molar refractivity (Wildman–Crippen MR) is 69.0 cm³/mol. The van der Waals surface area contributed by atoms with Crippen molar-refractivity contribution in [2.45, 2.75) is 13.5 Å². The van der Waals surface area contributed by atoms with Crippen molar-refractivity contribution < 1.29 is 18.3 Å². The van der Waals surface area contributed by atoms with Gasteiger partial charge in [-0.25, -0.2) is 8.78 Å². The summed E-state index contributed by atoms with van der Waals surface area (Å²) < 4.78 is 33.9. The van der Waals surface area contributed by atoms with Gasteiger partial charge in [0.25, 0.3) is 0 Å². The summed E-state index contributed by atoms with van der Waals surface area (Å²) in [7, 11) is 1.65. The predicted octanol–water partition coefficient (Wildman–Crippen LogP) is 3.05. The first kappa shape index (κ1) is 14.5. The summed E-state index contributed by atoms with van der Waals surface area (Å²) in [6, 6.07) is 1.81. The Morgan fingerprint density at radius 3 is 2.45 bits per heavy atom. The molecule has 0 atom stereocenters. The van der Waals surface area contributed by atoms with E-state index in [0.29, 0.717) is 22.7 Å². The fourth-order valence-electron chi connectivity index (χ4n) is 1.76. The van der Waals surface area contributed by atoms with Gasteiger partial charge >= 0.3 is 0 Å². The average molecular weight is 301 g/mol. The van der Waals surface area contributed by atoms with Crippen LogP contribution in [0.2, 0.25) is 5.02 Å². The van der Waals surface area contributed by atoms with Crippen molar-refractivity contribution in [2.75, 3.05) is 0 Å². The number of carbonyl (C=O) groups excluding carboxylic acids is 1. The minimum absolute atomic E-state index is 0.0956. The fourth-order valence-corrected chi connectivity index (χ4v) is 1.98. The molecule has 106 valence electrons. The molecular formula is C13H11ClF2N2O2. The van der Waals surface area contributed by atoms with Gasteiger partial charge in [0.05, 0.1) is 16.4 Å². The Morgan fingerprint density at radius 1 is 1.40 bits per heavy atom. The van der Waals surface area contributed by atoms with Crippen LogP contribution in [0, 0.1) is 18.6 Å². The number of aromatic nitrogens is 2.